The lowest BCUT2D eigenvalue weighted by molar-refractivity contribution is 0.0698. The first-order valence-electron chi connectivity index (χ1n) is 12.7. The van der Waals surface area contributed by atoms with Gasteiger partial charge in [0.25, 0.3) is 5.91 Å². The van der Waals surface area contributed by atoms with Crippen molar-refractivity contribution in [2.75, 3.05) is 6.54 Å². The third-order valence-corrected chi connectivity index (χ3v) is 7.42. The third kappa shape index (κ3) is 4.07. The van der Waals surface area contributed by atoms with Gasteiger partial charge in [-0.15, -0.1) is 0 Å². The zero-order valence-electron chi connectivity index (χ0n) is 20.3. The van der Waals surface area contributed by atoms with E-state index < -0.39 is 0 Å². The minimum Gasteiger partial charge on any atom is -0.330 e. The van der Waals surface area contributed by atoms with Crippen LogP contribution in [0.3, 0.4) is 0 Å². The van der Waals surface area contributed by atoms with Crippen molar-refractivity contribution in [1.82, 2.24) is 24.2 Å². The molecule has 3 heterocycles. The molecule has 35 heavy (non-hydrogen) atoms. The Morgan fingerprint density at radius 2 is 1.66 bits per heavy atom. The number of benzene rings is 2. The molecule has 1 aliphatic heterocycles. The minimum absolute atomic E-state index is 0.0976. The number of nitrogens with zero attached hydrogens (tertiary/aromatic N) is 5. The second kappa shape index (κ2) is 9.17. The van der Waals surface area contributed by atoms with Gasteiger partial charge in [0.1, 0.15) is 11.5 Å². The zero-order chi connectivity index (χ0) is 23.8. The first kappa shape index (κ1) is 21.8. The van der Waals surface area contributed by atoms with Crippen molar-refractivity contribution in [3.8, 4) is 11.3 Å². The normalized spacial score (nSPS) is 15.1. The molecule has 0 N–H and O–H groups in total. The molecule has 6 nitrogen and oxygen atoms in total. The van der Waals surface area contributed by atoms with Crippen LogP contribution in [0.2, 0.25) is 0 Å². The number of aromatic nitrogens is 4. The van der Waals surface area contributed by atoms with E-state index >= 15 is 0 Å². The molecular formula is C29H31N5O. The molecule has 6 rings (SSSR count). The molecule has 0 fully saturated rings. The highest BCUT2D eigenvalue weighted by Crippen LogP contribution is 2.31. The molecule has 0 saturated carbocycles. The largest absolute Gasteiger partial charge is 0.330 e. The summed E-state index contributed by atoms with van der Waals surface area (Å²) in [7, 11) is 1.91. The van der Waals surface area contributed by atoms with Gasteiger partial charge in [0.05, 0.1) is 23.6 Å². The molecule has 178 valence electrons. The van der Waals surface area contributed by atoms with Crippen LogP contribution < -0.4 is 0 Å². The summed E-state index contributed by atoms with van der Waals surface area (Å²) in [4.78, 5) is 20.9. The Labute approximate surface area is 206 Å². The van der Waals surface area contributed by atoms with Gasteiger partial charge >= 0.3 is 0 Å². The number of carbonyl (C=O) groups is 1. The maximum absolute atomic E-state index is 13.8. The van der Waals surface area contributed by atoms with Crippen LogP contribution in [0.4, 0.5) is 0 Å². The SMILES string of the molecule is Cn1nc2c(c1C(=O)N1CCn3c(CCc4ccccc4)nc(-c4ccccc4)c3C1)CCCC2. The second-order valence-corrected chi connectivity index (χ2v) is 9.66. The van der Waals surface area contributed by atoms with Crippen molar-refractivity contribution in [3.05, 3.63) is 94.7 Å². The monoisotopic (exact) mass is 465 g/mol. The highest BCUT2D eigenvalue weighted by molar-refractivity contribution is 5.94. The predicted molar refractivity (Wildman–Crippen MR) is 136 cm³/mol. The lowest BCUT2D eigenvalue weighted by Gasteiger charge is -2.30. The summed E-state index contributed by atoms with van der Waals surface area (Å²) >= 11 is 0. The zero-order valence-corrected chi connectivity index (χ0v) is 20.3. The van der Waals surface area contributed by atoms with Gasteiger partial charge in [-0.1, -0.05) is 60.7 Å². The Morgan fingerprint density at radius 3 is 2.46 bits per heavy atom. The van der Waals surface area contributed by atoms with Crippen molar-refractivity contribution in [1.29, 1.82) is 0 Å². The van der Waals surface area contributed by atoms with E-state index in [4.69, 9.17) is 4.98 Å². The summed E-state index contributed by atoms with van der Waals surface area (Å²) in [5.41, 5.74) is 7.60. The van der Waals surface area contributed by atoms with Gasteiger partial charge in [-0.05, 0) is 37.7 Å². The Balaban J connectivity index is 1.32. The number of carbonyl (C=O) groups excluding carboxylic acids is 1. The second-order valence-electron chi connectivity index (χ2n) is 9.66. The van der Waals surface area contributed by atoms with Crippen LogP contribution in [0.5, 0.6) is 0 Å². The fourth-order valence-corrected chi connectivity index (χ4v) is 5.63. The van der Waals surface area contributed by atoms with Crippen LogP contribution >= 0.6 is 0 Å². The van der Waals surface area contributed by atoms with E-state index in [1.165, 1.54) is 5.56 Å². The molecule has 0 bridgehead atoms. The van der Waals surface area contributed by atoms with Gasteiger partial charge < -0.3 is 9.47 Å². The molecule has 2 aromatic carbocycles. The van der Waals surface area contributed by atoms with E-state index in [2.05, 4.69) is 64.3 Å². The maximum atomic E-state index is 13.8. The van der Waals surface area contributed by atoms with Crippen molar-refractivity contribution in [2.24, 2.45) is 7.05 Å². The van der Waals surface area contributed by atoms with E-state index in [0.717, 1.165) is 84.8 Å². The van der Waals surface area contributed by atoms with E-state index in [1.54, 1.807) is 0 Å². The molecule has 0 atom stereocenters. The standard InChI is InChI=1S/C29H31N5O/c1-32-28(23-14-8-9-15-24(23)31-32)29(35)33-18-19-34-25(20-33)27(22-12-6-3-7-13-22)30-26(34)17-16-21-10-4-2-5-11-21/h2-7,10-13H,8-9,14-20H2,1H3. The quantitative estimate of drug-likeness (QED) is 0.433. The van der Waals surface area contributed by atoms with Crippen molar-refractivity contribution < 1.29 is 4.79 Å². The van der Waals surface area contributed by atoms with Gasteiger partial charge in [0.2, 0.25) is 0 Å². The van der Waals surface area contributed by atoms with Crippen LogP contribution in [0.15, 0.2) is 60.7 Å². The maximum Gasteiger partial charge on any atom is 0.272 e. The summed E-state index contributed by atoms with van der Waals surface area (Å²) in [6.07, 6.45) is 6.06. The lowest BCUT2D eigenvalue weighted by Crippen LogP contribution is -2.40. The number of hydrogen-bond acceptors (Lipinski definition) is 3. The van der Waals surface area contributed by atoms with Crippen LogP contribution in [0.25, 0.3) is 11.3 Å². The molecule has 4 aromatic rings. The topological polar surface area (TPSA) is 56.0 Å². The Kier molecular flexibility index (Phi) is 5.72. The van der Waals surface area contributed by atoms with E-state index in [1.807, 2.05) is 22.7 Å². The fraction of sp³-hybridized carbons (Fsp3) is 0.345. The van der Waals surface area contributed by atoms with Crippen molar-refractivity contribution >= 4 is 5.91 Å². The van der Waals surface area contributed by atoms with Crippen molar-refractivity contribution in [3.63, 3.8) is 0 Å². The average Bonchev–Trinajstić information content (AvgIpc) is 3.44. The van der Waals surface area contributed by atoms with Crippen LogP contribution in [0, 0.1) is 0 Å². The van der Waals surface area contributed by atoms with Gasteiger partial charge in [0.15, 0.2) is 0 Å². The van der Waals surface area contributed by atoms with E-state index in [0.29, 0.717) is 13.1 Å². The highest BCUT2D eigenvalue weighted by atomic mass is 16.2. The number of fused-ring (bicyclic) bond motifs is 2. The molecule has 0 radical (unpaired) electrons. The molecule has 0 spiro atoms. The summed E-state index contributed by atoms with van der Waals surface area (Å²) in [5.74, 6) is 1.20. The molecule has 1 amide bonds. The predicted octanol–water partition coefficient (Wildman–Crippen LogP) is 4.60. The number of aryl methyl sites for hydroxylation is 4. The molecule has 6 heteroatoms. The van der Waals surface area contributed by atoms with Gasteiger partial charge in [-0.3, -0.25) is 9.48 Å². The molecule has 1 aliphatic carbocycles. The third-order valence-electron chi connectivity index (χ3n) is 7.42. The molecule has 2 aromatic heterocycles. The van der Waals surface area contributed by atoms with Gasteiger partial charge in [-0.2, -0.15) is 5.10 Å². The summed E-state index contributed by atoms with van der Waals surface area (Å²) in [6.45, 7) is 2.03. The van der Waals surface area contributed by atoms with Crippen molar-refractivity contribution in [2.45, 2.75) is 51.6 Å². The summed E-state index contributed by atoms with van der Waals surface area (Å²) in [6, 6.07) is 20.9. The van der Waals surface area contributed by atoms with Crippen LogP contribution in [-0.2, 0) is 45.8 Å². The minimum atomic E-state index is 0.0976. The summed E-state index contributed by atoms with van der Waals surface area (Å²) < 4.78 is 4.17. The number of imidazole rings is 1. The highest BCUT2D eigenvalue weighted by Gasteiger charge is 2.31. The smallest absolute Gasteiger partial charge is 0.272 e. The molecule has 2 aliphatic rings. The number of hydrogen-bond donors (Lipinski definition) is 0. The first-order chi connectivity index (χ1) is 17.2. The molecular weight excluding hydrogens is 434 g/mol. The fourth-order valence-electron chi connectivity index (χ4n) is 5.63. The molecule has 0 unspecified atom stereocenters. The lowest BCUT2D eigenvalue weighted by atomic mass is 9.95. The number of amides is 1. The Bertz CT molecular complexity index is 1350. The van der Waals surface area contributed by atoms with Crippen LogP contribution in [-0.4, -0.2) is 36.7 Å². The Hall–Kier alpha value is -3.67. The van der Waals surface area contributed by atoms with Crippen LogP contribution in [0.1, 0.15) is 51.7 Å². The first-order valence-corrected chi connectivity index (χ1v) is 12.7. The average molecular weight is 466 g/mol. The van der Waals surface area contributed by atoms with E-state index in [-0.39, 0.29) is 5.91 Å². The summed E-state index contributed by atoms with van der Waals surface area (Å²) in [5, 5.41) is 4.69. The number of rotatable bonds is 5. The van der Waals surface area contributed by atoms with E-state index in [9.17, 15) is 4.79 Å². The molecule has 0 saturated heterocycles. The Morgan fingerprint density at radius 1 is 0.914 bits per heavy atom. The van der Waals surface area contributed by atoms with Gasteiger partial charge in [0, 0.05) is 37.7 Å². The van der Waals surface area contributed by atoms with Gasteiger partial charge in [-0.25, -0.2) is 4.98 Å².